The Hall–Kier alpha value is -2.99. The Morgan fingerprint density at radius 2 is 1.74 bits per heavy atom. The molecule has 1 aliphatic heterocycles. The predicted molar refractivity (Wildman–Crippen MR) is 103 cm³/mol. The van der Waals surface area contributed by atoms with Gasteiger partial charge in [0.05, 0.1) is 24.6 Å². The van der Waals surface area contributed by atoms with E-state index in [4.69, 9.17) is 4.74 Å². The van der Waals surface area contributed by atoms with E-state index in [0.29, 0.717) is 16.9 Å². The lowest BCUT2D eigenvalue weighted by atomic mass is 10.1. The Morgan fingerprint density at radius 3 is 2.44 bits per heavy atom. The van der Waals surface area contributed by atoms with Crippen LogP contribution >= 0.6 is 0 Å². The molecule has 0 radical (unpaired) electrons. The standard InChI is InChI=1S/C21H20FN3O2/c1-15-13-20(23-25(21(15)26)19-4-2-3-17(22)14-19)16-5-7-18(8-6-16)24-9-11-27-12-10-24/h2-8,13-14H,9-12H2,1H3. The minimum atomic E-state index is -0.404. The second-order valence-corrected chi connectivity index (χ2v) is 6.56. The molecule has 5 nitrogen and oxygen atoms in total. The van der Waals surface area contributed by atoms with Gasteiger partial charge in [-0.25, -0.2) is 4.39 Å². The quantitative estimate of drug-likeness (QED) is 0.715. The van der Waals surface area contributed by atoms with E-state index in [1.807, 2.05) is 12.1 Å². The second kappa shape index (κ2) is 7.32. The molecule has 1 fully saturated rings. The number of hydrogen-bond donors (Lipinski definition) is 0. The van der Waals surface area contributed by atoms with Crippen LogP contribution in [0.15, 0.2) is 59.4 Å². The number of ether oxygens (including phenoxy) is 1. The van der Waals surface area contributed by atoms with E-state index in [9.17, 15) is 9.18 Å². The van der Waals surface area contributed by atoms with Crippen molar-refractivity contribution in [2.45, 2.75) is 6.92 Å². The summed E-state index contributed by atoms with van der Waals surface area (Å²) in [4.78, 5) is 14.8. The molecule has 0 amide bonds. The van der Waals surface area contributed by atoms with Crippen LogP contribution < -0.4 is 10.5 Å². The number of benzene rings is 2. The zero-order valence-corrected chi connectivity index (χ0v) is 15.1. The monoisotopic (exact) mass is 365 g/mol. The van der Waals surface area contributed by atoms with Crippen LogP contribution in [0.1, 0.15) is 5.56 Å². The van der Waals surface area contributed by atoms with E-state index in [1.54, 1.807) is 25.1 Å². The Labute approximate surface area is 156 Å². The van der Waals surface area contributed by atoms with Crippen LogP contribution in [0, 0.1) is 12.7 Å². The van der Waals surface area contributed by atoms with Gasteiger partial charge in [-0.3, -0.25) is 4.79 Å². The summed E-state index contributed by atoms with van der Waals surface area (Å²) < 4.78 is 20.2. The van der Waals surface area contributed by atoms with Crippen molar-refractivity contribution in [2.24, 2.45) is 0 Å². The third kappa shape index (κ3) is 3.61. The molecule has 6 heteroatoms. The summed E-state index contributed by atoms with van der Waals surface area (Å²) in [6.07, 6.45) is 0. The van der Waals surface area contributed by atoms with Crippen LogP contribution in [-0.4, -0.2) is 36.1 Å². The number of rotatable bonds is 3. The minimum absolute atomic E-state index is 0.255. The SMILES string of the molecule is Cc1cc(-c2ccc(N3CCOCC3)cc2)nn(-c2cccc(F)c2)c1=O. The Morgan fingerprint density at radius 1 is 1.00 bits per heavy atom. The highest BCUT2D eigenvalue weighted by atomic mass is 19.1. The van der Waals surface area contributed by atoms with Crippen molar-refractivity contribution < 1.29 is 9.13 Å². The number of hydrogen-bond acceptors (Lipinski definition) is 4. The molecule has 0 N–H and O–H groups in total. The molecule has 4 rings (SSSR count). The van der Waals surface area contributed by atoms with E-state index < -0.39 is 5.82 Å². The molecule has 0 saturated carbocycles. The van der Waals surface area contributed by atoms with Crippen molar-refractivity contribution in [2.75, 3.05) is 31.2 Å². The predicted octanol–water partition coefficient (Wildman–Crippen LogP) is 3.18. The summed E-state index contributed by atoms with van der Waals surface area (Å²) in [6.45, 7) is 4.97. The van der Waals surface area contributed by atoms with Gasteiger partial charge in [0.1, 0.15) is 5.82 Å². The first-order valence-electron chi connectivity index (χ1n) is 8.92. The number of halogens is 1. The van der Waals surface area contributed by atoms with Crippen molar-refractivity contribution in [1.29, 1.82) is 0 Å². The molecule has 138 valence electrons. The average Bonchev–Trinajstić information content (AvgIpc) is 2.71. The van der Waals surface area contributed by atoms with Gasteiger partial charge in [-0.15, -0.1) is 0 Å². The maximum Gasteiger partial charge on any atom is 0.274 e. The molecule has 0 atom stereocenters. The summed E-state index contributed by atoms with van der Waals surface area (Å²) in [6, 6.07) is 15.7. The van der Waals surface area contributed by atoms with Crippen LogP contribution in [-0.2, 0) is 4.74 Å². The summed E-state index contributed by atoms with van der Waals surface area (Å²) in [5.41, 5.74) is 3.42. The van der Waals surface area contributed by atoms with E-state index in [-0.39, 0.29) is 5.56 Å². The van der Waals surface area contributed by atoms with E-state index in [1.165, 1.54) is 16.8 Å². The highest BCUT2D eigenvalue weighted by Gasteiger charge is 2.13. The molecule has 2 aromatic carbocycles. The number of anilines is 1. The maximum absolute atomic E-state index is 13.6. The fourth-order valence-corrected chi connectivity index (χ4v) is 3.20. The molecule has 0 aliphatic carbocycles. The molecule has 1 aliphatic rings. The largest absolute Gasteiger partial charge is 0.378 e. The van der Waals surface area contributed by atoms with Crippen LogP contribution in [0.4, 0.5) is 10.1 Å². The summed E-state index contributed by atoms with van der Waals surface area (Å²) in [7, 11) is 0. The van der Waals surface area contributed by atoms with Crippen LogP contribution in [0.3, 0.4) is 0 Å². The van der Waals surface area contributed by atoms with Crippen LogP contribution in [0.5, 0.6) is 0 Å². The zero-order chi connectivity index (χ0) is 18.8. The van der Waals surface area contributed by atoms with Gasteiger partial charge in [0.25, 0.3) is 5.56 Å². The lowest BCUT2D eigenvalue weighted by molar-refractivity contribution is 0.122. The highest BCUT2D eigenvalue weighted by Crippen LogP contribution is 2.23. The van der Waals surface area contributed by atoms with Crippen molar-refractivity contribution in [1.82, 2.24) is 9.78 Å². The second-order valence-electron chi connectivity index (χ2n) is 6.56. The molecule has 0 bridgehead atoms. The Balaban J connectivity index is 1.70. The van der Waals surface area contributed by atoms with Gasteiger partial charge in [-0.05, 0) is 43.3 Å². The molecule has 2 heterocycles. The summed E-state index contributed by atoms with van der Waals surface area (Å²) >= 11 is 0. The van der Waals surface area contributed by atoms with Crippen LogP contribution in [0.25, 0.3) is 16.9 Å². The minimum Gasteiger partial charge on any atom is -0.378 e. The lowest BCUT2D eigenvalue weighted by Gasteiger charge is -2.28. The van der Waals surface area contributed by atoms with E-state index in [2.05, 4.69) is 22.1 Å². The highest BCUT2D eigenvalue weighted by molar-refractivity contribution is 5.63. The maximum atomic E-state index is 13.6. The first-order chi connectivity index (χ1) is 13.1. The summed E-state index contributed by atoms with van der Waals surface area (Å²) in [5, 5.41) is 4.46. The number of morpholine rings is 1. The van der Waals surface area contributed by atoms with Crippen molar-refractivity contribution in [3.63, 3.8) is 0 Å². The number of aromatic nitrogens is 2. The Bertz CT molecular complexity index is 1010. The number of nitrogens with zero attached hydrogens (tertiary/aromatic N) is 3. The molecule has 0 unspecified atom stereocenters. The first kappa shape index (κ1) is 17.4. The van der Waals surface area contributed by atoms with Crippen molar-refractivity contribution in [3.8, 4) is 16.9 Å². The average molecular weight is 365 g/mol. The lowest BCUT2D eigenvalue weighted by Crippen LogP contribution is -2.36. The third-order valence-electron chi connectivity index (χ3n) is 4.68. The molecule has 0 spiro atoms. The van der Waals surface area contributed by atoms with E-state index in [0.717, 1.165) is 37.6 Å². The fourth-order valence-electron chi connectivity index (χ4n) is 3.20. The normalized spacial score (nSPS) is 14.4. The van der Waals surface area contributed by atoms with Gasteiger partial charge >= 0.3 is 0 Å². The third-order valence-corrected chi connectivity index (χ3v) is 4.68. The van der Waals surface area contributed by atoms with Crippen LogP contribution in [0.2, 0.25) is 0 Å². The van der Waals surface area contributed by atoms with Gasteiger partial charge in [-0.1, -0.05) is 18.2 Å². The topological polar surface area (TPSA) is 47.4 Å². The molecular weight excluding hydrogens is 345 g/mol. The van der Waals surface area contributed by atoms with Crippen molar-refractivity contribution >= 4 is 5.69 Å². The summed E-state index contributed by atoms with van der Waals surface area (Å²) in [5.74, 6) is -0.404. The fraction of sp³-hybridized carbons (Fsp3) is 0.238. The smallest absolute Gasteiger partial charge is 0.274 e. The van der Waals surface area contributed by atoms with Gasteiger partial charge < -0.3 is 9.64 Å². The van der Waals surface area contributed by atoms with E-state index >= 15 is 0 Å². The molecule has 1 aromatic heterocycles. The molecular formula is C21H20FN3O2. The number of aryl methyl sites for hydroxylation is 1. The van der Waals surface area contributed by atoms with Gasteiger partial charge in [-0.2, -0.15) is 9.78 Å². The molecule has 27 heavy (non-hydrogen) atoms. The Kier molecular flexibility index (Phi) is 4.73. The van der Waals surface area contributed by atoms with Gasteiger partial charge in [0.15, 0.2) is 0 Å². The molecule has 1 saturated heterocycles. The molecule has 3 aromatic rings. The van der Waals surface area contributed by atoms with Gasteiger partial charge in [0.2, 0.25) is 0 Å². The van der Waals surface area contributed by atoms with Crippen molar-refractivity contribution in [3.05, 3.63) is 76.3 Å². The first-order valence-corrected chi connectivity index (χ1v) is 8.92. The van der Waals surface area contributed by atoms with Gasteiger partial charge in [0, 0.05) is 29.9 Å². The zero-order valence-electron chi connectivity index (χ0n) is 15.1.